The molecule has 2 unspecified atom stereocenters. The van der Waals surface area contributed by atoms with Gasteiger partial charge in [0, 0.05) is 5.41 Å². The van der Waals surface area contributed by atoms with E-state index in [0.717, 1.165) is 36.0 Å². The predicted molar refractivity (Wildman–Crippen MR) is 109 cm³/mol. The average Bonchev–Trinajstić information content (AvgIpc) is 3.05. The molecule has 0 amide bonds. The van der Waals surface area contributed by atoms with Crippen molar-refractivity contribution in [2.24, 2.45) is 35.0 Å². The fraction of sp³-hybridized carbons (Fsp3) is 0.960. The maximum atomic E-state index is 13.5. The lowest BCUT2D eigenvalue weighted by molar-refractivity contribution is -0.146. The molecule has 6 bridgehead atoms. The fourth-order valence-corrected chi connectivity index (χ4v) is 8.28. The Morgan fingerprint density at radius 2 is 1.41 bits per heavy atom. The molecule has 6 aliphatic carbocycles. The Labute approximate surface area is 166 Å². The molecule has 2 heteroatoms. The maximum Gasteiger partial charge on any atom is 0.164 e. The standard InChI is InChI=1S/C25H40O2/c1-24(8-6-18-4-2-3-5-20(10-18)14-24)27-17-23(26)25-9-7-19-11-21(15-25)13-22(12-19)16-25/h18-22H,2-17H2,1H3/t18-,19?,20-,21?,22?,24-,25?/m1/s1. The summed E-state index contributed by atoms with van der Waals surface area (Å²) in [5.41, 5.74) is -0.0583. The SMILES string of the molecule is C[C@@]1(OCC(=O)C23CCC4CC(CC(C4)C2)C3)CC[C@H]2CCCC[C@H](C2)C1. The van der Waals surface area contributed by atoms with Crippen LogP contribution in [0, 0.1) is 35.0 Å². The van der Waals surface area contributed by atoms with Crippen LogP contribution in [0.25, 0.3) is 0 Å². The van der Waals surface area contributed by atoms with Gasteiger partial charge in [-0.25, -0.2) is 0 Å². The van der Waals surface area contributed by atoms with E-state index in [0.29, 0.717) is 12.4 Å². The first-order chi connectivity index (χ1) is 13.0. The molecule has 0 aromatic carbocycles. The van der Waals surface area contributed by atoms with Crippen LogP contribution in [0.2, 0.25) is 0 Å². The number of rotatable bonds is 4. The molecular weight excluding hydrogens is 332 g/mol. The average molecular weight is 373 g/mol. The van der Waals surface area contributed by atoms with Crippen molar-refractivity contribution in [2.75, 3.05) is 6.61 Å². The molecule has 6 rings (SSSR count). The van der Waals surface area contributed by atoms with E-state index in [4.69, 9.17) is 4.74 Å². The van der Waals surface area contributed by atoms with Gasteiger partial charge in [-0.2, -0.15) is 0 Å². The van der Waals surface area contributed by atoms with Gasteiger partial charge in [-0.1, -0.05) is 25.7 Å². The van der Waals surface area contributed by atoms with Gasteiger partial charge in [0.25, 0.3) is 0 Å². The van der Waals surface area contributed by atoms with Gasteiger partial charge in [-0.05, 0) is 107 Å². The number of fused-ring (bicyclic) bond motifs is 3. The van der Waals surface area contributed by atoms with Crippen molar-refractivity contribution in [1.29, 1.82) is 0 Å². The van der Waals surface area contributed by atoms with Gasteiger partial charge < -0.3 is 4.74 Å². The van der Waals surface area contributed by atoms with Crippen LogP contribution in [0.3, 0.4) is 0 Å². The summed E-state index contributed by atoms with van der Waals surface area (Å²) in [6.07, 6.45) is 19.8. The summed E-state index contributed by atoms with van der Waals surface area (Å²) in [5, 5.41) is 0. The van der Waals surface area contributed by atoms with Crippen molar-refractivity contribution in [1.82, 2.24) is 0 Å². The summed E-state index contributed by atoms with van der Waals surface area (Å²) in [6.45, 7) is 2.72. The molecular formula is C25H40O2. The molecule has 0 radical (unpaired) electrons. The number of ketones is 1. The molecule has 0 spiro atoms. The van der Waals surface area contributed by atoms with Crippen molar-refractivity contribution < 1.29 is 9.53 Å². The summed E-state index contributed by atoms with van der Waals surface area (Å²) in [6, 6.07) is 0. The molecule has 0 aromatic heterocycles. The Hall–Kier alpha value is -0.370. The van der Waals surface area contributed by atoms with Gasteiger partial charge >= 0.3 is 0 Å². The summed E-state index contributed by atoms with van der Waals surface area (Å²) in [4.78, 5) is 13.5. The monoisotopic (exact) mass is 372 g/mol. The zero-order valence-electron chi connectivity index (χ0n) is 17.5. The largest absolute Gasteiger partial charge is 0.367 e. The van der Waals surface area contributed by atoms with Gasteiger partial charge in [0.1, 0.15) is 6.61 Å². The smallest absolute Gasteiger partial charge is 0.164 e. The molecule has 2 nitrogen and oxygen atoms in total. The van der Waals surface area contributed by atoms with Crippen LogP contribution in [-0.2, 0) is 9.53 Å². The van der Waals surface area contributed by atoms with E-state index in [9.17, 15) is 4.79 Å². The van der Waals surface area contributed by atoms with Crippen LogP contribution in [0.15, 0.2) is 0 Å². The fourth-order valence-electron chi connectivity index (χ4n) is 8.28. The van der Waals surface area contributed by atoms with Crippen molar-refractivity contribution in [3.63, 3.8) is 0 Å². The highest BCUT2D eigenvalue weighted by Gasteiger charge is 2.51. The van der Waals surface area contributed by atoms with Crippen LogP contribution < -0.4 is 0 Å². The van der Waals surface area contributed by atoms with Crippen molar-refractivity contribution in [2.45, 2.75) is 109 Å². The third-order valence-corrected chi connectivity index (χ3v) is 9.48. The predicted octanol–water partition coefficient (Wildman–Crippen LogP) is 6.32. The second-order valence-electron chi connectivity index (χ2n) is 11.7. The van der Waals surface area contributed by atoms with Gasteiger partial charge in [-0.3, -0.25) is 4.79 Å². The van der Waals surface area contributed by atoms with E-state index in [-0.39, 0.29) is 11.0 Å². The molecule has 0 saturated heterocycles. The van der Waals surface area contributed by atoms with Crippen molar-refractivity contribution in [3.8, 4) is 0 Å². The van der Waals surface area contributed by atoms with Crippen LogP contribution in [0.5, 0.6) is 0 Å². The number of carbonyl (C=O) groups excluding carboxylic acids is 1. The Kier molecular flexibility index (Phi) is 4.94. The summed E-state index contributed by atoms with van der Waals surface area (Å²) >= 11 is 0. The summed E-state index contributed by atoms with van der Waals surface area (Å²) in [5.74, 6) is 4.84. The first kappa shape index (κ1) is 18.6. The highest BCUT2D eigenvalue weighted by Crippen LogP contribution is 2.57. The zero-order valence-corrected chi connectivity index (χ0v) is 17.5. The van der Waals surface area contributed by atoms with Crippen LogP contribution in [-0.4, -0.2) is 18.0 Å². The second kappa shape index (κ2) is 7.15. The summed E-state index contributed by atoms with van der Waals surface area (Å²) < 4.78 is 6.54. The van der Waals surface area contributed by atoms with Gasteiger partial charge in [0.2, 0.25) is 0 Å². The molecule has 0 N–H and O–H groups in total. The molecule has 0 heterocycles. The minimum absolute atomic E-state index is 0.00665. The van der Waals surface area contributed by atoms with Crippen molar-refractivity contribution >= 4 is 5.78 Å². The normalized spacial score (nSPS) is 49.3. The van der Waals surface area contributed by atoms with Crippen LogP contribution >= 0.6 is 0 Å². The first-order valence-electron chi connectivity index (χ1n) is 12.2. The second-order valence-corrected chi connectivity index (χ2v) is 11.7. The number of carbonyl (C=O) groups is 1. The Balaban J connectivity index is 1.25. The number of Topliss-reactive ketones (excluding diaryl/α,β-unsaturated/α-hetero) is 1. The molecule has 6 aliphatic rings. The molecule has 0 aliphatic heterocycles. The molecule has 5 atom stereocenters. The van der Waals surface area contributed by atoms with E-state index in [2.05, 4.69) is 6.92 Å². The molecule has 27 heavy (non-hydrogen) atoms. The van der Waals surface area contributed by atoms with E-state index in [1.807, 2.05) is 0 Å². The van der Waals surface area contributed by atoms with Crippen LogP contribution in [0.1, 0.15) is 103 Å². The minimum Gasteiger partial charge on any atom is -0.367 e. The van der Waals surface area contributed by atoms with Crippen molar-refractivity contribution in [3.05, 3.63) is 0 Å². The van der Waals surface area contributed by atoms with Gasteiger partial charge in [0.15, 0.2) is 5.78 Å². The van der Waals surface area contributed by atoms with E-state index < -0.39 is 0 Å². The molecule has 6 fully saturated rings. The molecule has 152 valence electrons. The van der Waals surface area contributed by atoms with Gasteiger partial charge in [0.05, 0.1) is 5.60 Å². The van der Waals surface area contributed by atoms with E-state index >= 15 is 0 Å². The highest BCUT2D eigenvalue weighted by atomic mass is 16.5. The lowest BCUT2D eigenvalue weighted by atomic mass is 9.60. The van der Waals surface area contributed by atoms with E-state index in [1.54, 1.807) is 0 Å². The third kappa shape index (κ3) is 3.77. The van der Waals surface area contributed by atoms with Crippen LogP contribution in [0.4, 0.5) is 0 Å². The Morgan fingerprint density at radius 3 is 2.19 bits per heavy atom. The Morgan fingerprint density at radius 1 is 0.778 bits per heavy atom. The quantitative estimate of drug-likeness (QED) is 0.577. The summed E-state index contributed by atoms with van der Waals surface area (Å²) in [7, 11) is 0. The van der Waals surface area contributed by atoms with E-state index in [1.165, 1.54) is 89.9 Å². The van der Waals surface area contributed by atoms with Gasteiger partial charge in [-0.15, -0.1) is 0 Å². The lowest BCUT2D eigenvalue weighted by Crippen LogP contribution is -2.43. The highest BCUT2D eigenvalue weighted by molar-refractivity contribution is 5.86. The zero-order chi connectivity index (χ0) is 18.5. The molecule has 0 aromatic rings. The maximum absolute atomic E-state index is 13.5. The Bertz CT molecular complexity index is 555. The number of hydrogen-bond acceptors (Lipinski definition) is 2. The number of hydrogen-bond donors (Lipinski definition) is 0. The topological polar surface area (TPSA) is 26.3 Å². The first-order valence-corrected chi connectivity index (χ1v) is 12.2. The lowest BCUT2D eigenvalue weighted by Gasteiger charge is -2.44. The number of ether oxygens (including phenoxy) is 1. The third-order valence-electron chi connectivity index (χ3n) is 9.48. The molecule has 6 saturated carbocycles. The minimum atomic E-state index is -0.0516.